The maximum atomic E-state index is 13.4. The fourth-order valence-electron chi connectivity index (χ4n) is 4.86. The minimum Gasteiger partial charge on any atom is -0.364 e. The number of rotatable bonds is 8. The zero-order chi connectivity index (χ0) is 27.0. The molecule has 5 heterocycles. The molecule has 5 atom stereocenters. The number of hydrogen-bond donors (Lipinski definition) is 4. The molecule has 0 aromatic carbocycles. The molecule has 4 N–H and O–H groups in total. The van der Waals surface area contributed by atoms with Gasteiger partial charge in [0.1, 0.15) is 5.82 Å². The van der Waals surface area contributed by atoms with E-state index in [1.807, 2.05) is 37.8 Å². The third-order valence-electron chi connectivity index (χ3n) is 7.21. The summed E-state index contributed by atoms with van der Waals surface area (Å²) >= 11 is 0. The van der Waals surface area contributed by atoms with Crippen LogP contribution in [0.5, 0.6) is 0 Å². The van der Waals surface area contributed by atoms with Gasteiger partial charge < -0.3 is 20.3 Å². The second kappa shape index (κ2) is 10.2. The highest BCUT2D eigenvalue weighted by Crippen LogP contribution is 2.36. The number of hydrogen-bond acceptors (Lipinski definition) is 10. The number of methoxy groups -OCH3 is 1. The summed E-state index contributed by atoms with van der Waals surface area (Å²) in [5.74, 6) is 1.08. The number of halogens is 1. The Labute approximate surface area is 220 Å². The molecule has 38 heavy (non-hydrogen) atoms. The van der Waals surface area contributed by atoms with Gasteiger partial charge in [0.05, 0.1) is 37.2 Å². The van der Waals surface area contributed by atoms with Crippen LogP contribution in [0.3, 0.4) is 0 Å². The van der Waals surface area contributed by atoms with Crippen molar-refractivity contribution in [1.29, 1.82) is 0 Å². The fraction of sp³-hybridized carbons (Fsp3) is 0.480. The van der Waals surface area contributed by atoms with Crippen molar-refractivity contribution in [3.05, 3.63) is 53.9 Å². The van der Waals surface area contributed by atoms with Crippen LogP contribution in [0.15, 0.2) is 36.8 Å². The highest BCUT2D eigenvalue weighted by Gasteiger charge is 2.57. The van der Waals surface area contributed by atoms with Crippen molar-refractivity contribution in [1.82, 2.24) is 40.9 Å². The molecule has 3 aromatic rings. The number of aromatic nitrogens is 5. The summed E-state index contributed by atoms with van der Waals surface area (Å²) in [7, 11) is 1.54. The summed E-state index contributed by atoms with van der Waals surface area (Å²) in [5, 5.41) is 10.4. The number of carbonyl (C=O) groups excluding carboxylic acids is 1. The van der Waals surface area contributed by atoms with Crippen molar-refractivity contribution in [2.45, 2.75) is 64.0 Å². The van der Waals surface area contributed by atoms with E-state index in [-0.39, 0.29) is 24.2 Å². The van der Waals surface area contributed by atoms with Crippen LogP contribution in [0, 0.1) is 12.7 Å². The van der Waals surface area contributed by atoms with Gasteiger partial charge in [-0.3, -0.25) is 10.2 Å². The highest BCUT2D eigenvalue weighted by atomic mass is 19.1. The largest absolute Gasteiger partial charge is 0.364 e. The first-order chi connectivity index (χ1) is 18.2. The van der Waals surface area contributed by atoms with Gasteiger partial charge in [0.25, 0.3) is 5.91 Å². The normalized spacial score (nSPS) is 25.6. The molecule has 2 unspecified atom stereocenters. The van der Waals surface area contributed by atoms with Gasteiger partial charge in [-0.05, 0) is 45.7 Å². The topological polar surface area (TPSA) is 134 Å². The number of hydrazine groups is 1. The molecule has 2 fully saturated rings. The molecule has 0 bridgehead atoms. The van der Waals surface area contributed by atoms with E-state index in [1.165, 1.54) is 10.9 Å². The summed E-state index contributed by atoms with van der Waals surface area (Å²) in [6.45, 7) is 8.15. The molecule has 3 aromatic heterocycles. The van der Waals surface area contributed by atoms with E-state index in [1.54, 1.807) is 19.4 Å². The molecule has 2 aliphatic heterocycles. The van der Waals surface area contributed by atoms with Crippen molar-refractivity contribution in [2.75, 3.05) is 23.9 Å². The average Bonchev–Trinajstić information content (AvgIpc) is 3.51. The number of carbonyl (C=O) groups is 1. The second-order valence-corrected chi connectivity index (χ2v) is 9.96. The predicted octanol–water partition coefficient (Wildman–Crippen LogP) is 1.60. The fourth-order valence-corrected chi connectivity index (χ4v) is 4.86. The standard InChI is InChI=1S/C25H33FN10O2/c1-14-8-20(31-21-9-15(2)33-34-21)32-24(29-14)35-13-25(38-5,17(35)4)23(37)30-16(3)18-6-7-22(27-10-18)36-12-19(26)11-28-36/h6-8,10-12,15-17,21,33-34H,9,13H2,1-5H3,(H,30,37)(H,29,31,32)/t15?,16-,17+,21?,25-/m0/s1. The predicted molar refractivity (Wildman–Crippen MR) is 139 cm³/mol. The van der Waals surface area contributed by atoms with E-state index >= 15 is 0 Å². The van der Waals surface area contributed by atoms with Crippen LogP contribution in [-0.4, -0.2) is 68.1 Å². The highest BCUT2D eigenvalue weighted by molar-refractivity contribution is 5.90. The lowest BCUT2D eigenvalue weighted by atomic mass is 9.83. The van der Waals surface area contributed by atoms with Gasteiger partial charge in [0, 0.05) is 31.1 Å². The van der Waals surface area contributed by atoms with Crippen molar-refractivity contribution < 1.29 is 13.9 Å². The zero-order valence-corrected chi connectivity index (χ0v) is 22.1. The Hall–Kier alpha value is -3.68. The number of nitrogens with one attached hydrogen (secondary N) is 4. The summed E-state index contributed by atoms with van der Waals surface area (Å²) in [6.07, 6.45) is 5.00. The number of anilines is 2. The van der Waals surface area contributed by atoms with E-state index in [0.717, 1.165) is 29.7 Å². The molecule has 1 amide bonds. The third-order valence-corrected chi connectivity index (χ3v) is 7.21. The minimum atomic E-state index is -1.05. The van der Waals surface area contributed by atoms with E-state index in [0.29, 0.717) is 24.4 Å². The summed E-state index contributed by atoms with van der Waals surface area (Å²) in [4.78, 5) is 29.1. The van der Waals surface area contributed by atoms with Crippen molar-refractivity contribution in [3.63, 3.8) is 0 Å². The number of amides is 1. The smallest absolute Gasteiger partial charge is 0.256 e. The summed E-state index contributed by atoms with van der Waals surface area (Å²) < 4.78 is 20.4. The Balaban J connectivity index is 1.25. The number of nitrogens with zero attached hydrogens (tertiary/aromatic N) is 6. The van der Waals surface area contributed by atoms with Crippen molar-refractivity contribution in [2.24, 2.45) is 0 Å². The van der Waals surface area contributed by atoms with Crippen LogP contribution in [0.1, 0.15) is 44.5 Å². The van der Waals surface area contributed by atoms with Gasteiger partial charge in [0.15, 0.2) is 17.2 Å². The Morgan fingerprint density at radius 3 is 2.68 bits per heavy atom. The average molecular weight is 525 g/mol. The van der Waals surface area contributed by atoms with Crippen LogP contribution < -0.4 is 26.4 Å². The molecular weight excluding hydrogens is 491 g/mol. The molecular formula is C25H33FN10O2. The van der Waals surface area contributed by atoms with Crippen molar-refractivity contribution >= 4 is 17.7 Å². The van der Waals surface area contributed by atoms with Crippen LogP contribution in [0.4, 0.5) is 16.2 Å². The molecule has 12 nitrogen and oxygen atoms in total. The van der Waals surface area contributed by atoms with Crippen LogP contribution in [0.25, 0.3) is 5.82 Å². The quantitative estimate of drug-likeness (QED) is 0.344. The Morgan fingerprint density at radius 2 is 2.08 bits per heavy atom. The number of aryl methyl sites for hydroxylation is 1. The molecule has 2 saturated heterocycles. The van der Waals surface area contributed by atoms with Gasteiger partial charge >= 0.3 is 0 Å². The molecule has 0 radical (unpaired) electrons. The van der Waals surface area contributed by atoms with Crippen molar-refractivity contribution in [3.8, 4) is 5.82 Å². The second-order valence-electron chi connectivity index (χ2n) is 9.96. The van der Waals surface area contributed by atoms with Gasteiger partial charge in [-0.15, -0.1) is 0 Å². The molecule has 5 rings (SSSR count). The van der Waals surface area contributed by atoms with Gasteiger partial charge in [0.2, 0.25) is 5.95 Å². The lowest BCUT2D eigenvalue weighted by Crippen LogP contribution is -2.75. The molecule has 0 saturated carbocycles. The first-order valence-corrected chi connectivity index (χ1v) is 12.6. The third kappa shape index (κ3) is 4.91. The van der Waals surface area contributed by atoms with Crippen LogP contribution in [0.2, 0.25) is 0 Å². The van der Waals surface area contributed by atoms with E-state index in [9.17, 15) is 9.18 Å². The maximum absolute atomic E-state index is 13.4. The minimum absolute atomic E-state index is 0.0653. The molecule has 13 heteroatoms. The maximum Gasteiger partial charge on any atom is 0.256 e. The summed E-state index contributed by atoms with van der Waals surface area (Å²) in [5.41, 5.74) is 6.97. The first-order valence-electron chi connectivity index (χ1n) is 12.6. The Kier molecular flexibility index (Phi) is 6.99. The monoisotopic (exact) mass is 524 g/mol. The number of ether oxygens (including phenoxy) is 1. The molecule has 202 valence electrons. The molecule has 0 spiro atoms. The van der Waals surface area contributed by atoms with Gasteiger partial charge in [-0.25, -0.2) is 24.5 Å². The number of pyridine rings is 1. The van der Waals surface area contributed by atoms with Gasteiger partial charge in [-0.1, -0.05) is 6.07 Å². The molecule has 2 aliphatic rings. The van der Waals surface area contributed by atoms with Crippen LogP contribution in [-0.2, 0) is 9.53 Å². The Morgan fingerprint density at radius 1 is 1.26 bits per heavy atom. The summed E-state index contributed by atoms with van der Waals surface area (Å²) in [6, 6.07) is 5.20. The SMILES string of the molecule is CO[C@@]1(C(=O)N[C@@H](C)c2ccc(-n3cc(F)cn3)nc2)CN(c2nc(C)cc(NC3CC(C)NN3)n2)[C@@H]1C. The van der Waals surface area contributed by atoms with E-state index < -0.39 is 11.4 Å². The first kappa shape index (κ1) is 25.9. The zero-order valence-electron chi connectivity index (χ0n) is 22.1. The molecule has 0 aliphatic carbocycles. The lowest BCUT2D eigenvalue weighted by Gasteiger charge is -2.53. The van der Waals surface area contributed by atoms with E-state index in [2.05, 4.69) is 43.5 Å². The van der Waals surface area contributed by atoms with E-state index in [4.69, 9.17) is 9.72 Å². The lowest BCUT2D eigenvalue weighted by molar-refractivity contribution is -0.153. The van der Waals surface area contributed by atoms with Crippen LogP contribution >= 0.6 is 0 Å². The Bertz CT molecular complexity index is 1300. The van der Waals surface area contributed by atoms with Gasteiger partial charge in [-0.2, -0.15) is 10.1 Å².